The van der Waals surface area contributed by atoms with Crippen LogP contribution in [0.15, 0.2) is 53.4 Å². The lowest BCUT2D eigenvalue weighted by atomic mass is 10.1. The number of hydrogen-bond donors (Lipinski definition) is 1. The zero-order valence-electron chi connectivity index (χ0n) is 11.7. The lowest BCUT2D eigenvalue weighted by Crippen LogP contribution is -2.13. The van der Waals surface area contributed by atoms with Crippen molar-refractivity contribution in [1.29, 1.82) is 0 Å². The van der Waals surface area contributed by atoms with Gasteiger partial charge in [-0.05, 0) is 31.2 Å². The number of para-hydroxylation sites is 1. The molecule has 2 rings (SSSR count). The molecule has 0 saturated carbocycles. The van der Waals surface area contributed by atoms with E-state index in [2.05, 4.69) is 0 Å². The largest absolute Gasteiger partial charge is 0.493 e. The molecule has 2 aromatic rings. The van der Waals surface area contributed by atoms with E-state index in [4.69, 9.17) is 14.7 Å². The van der Waals surface area contributed by atoms with E-state index in [0.717, 1.165) is 0 Å². The van der Waals surface area contributed by atoms with Crippen LogP contribution >= 0.6 is 0 Å². The highest BCUT2D eigenvalue weighted by atomic mass is 32.2. The predicted molar refractivity (Wildman–Crippen MR) is 80.0 cm³/mol. The molecule has 0 radical (unpaired) electrons. The number of methoxy groups -OCH3 is 1. The SMILES string of the molecule is COc1cccc(CCN)c1OS(=O)(=O)c1ccccc1. The van der Waals surface area contributed by atoms with Crippen LogP contribution in [-0.4, -0.2) is 22.1 Å². The Balaban J connectivity index is 2.43. The molecule has 0 bridgehead atoms. The molecule has 0 aromatic heterocycles. The highest BCUT2D eigenvalue weighted by Crippen LogP contribution is 2.33. The van der Waals surface area contributed by atoms with Crippen molar-refractivity contribution in [3.63, 3.8) is 0 Å². The standard InChI is InChI=1S/C15H17NO4S/c1-19-14-9-5-6-12(10-11-16)15(14)20-21(17,18)13-7-3-2-4-8-13/h2-9H,10-11,16H2,1H3. The molecule has 0 aliphatic carbocycles. The van der Waals surface area contributed by atoms with Gasteiger partial charge < -0.3 is 14.7 Å². The molecule has 21 heavy (non-hydrogen) atoms. The number of ether oxygens (including phenoxy) is 1. The van der Waals surface area contributed by atoms with Crippen LogP contribution in [-0.2, 0) is 16.5 Å². The fourth-order valence-electron chi connectivity index (χ4n) is 1.91. The van der Waals surface area contributed by atoms with Crippen LogP contribution in [0.4, 0.5) is 0 Å². The maximum Gasteiger partial charge on any atom is 0.339 e. The fraction of sp³-hybridized carbons (Fsp3) is 0.200. The Morgan fingerprint density at radius 3 is 2.38 bits per heavy atom. The average Bonchev–Trinajstić information content (AvgIpc) is 2.50. The first-order chi connectivity index (χ1) is 10.1. The molecule has 112 valence electrons. The summed E-state index contributed by atoms with van der Waals surface area (Å²) in [6.07, 6.45) is 0.497. The molecule has 2 aromatic carbocycles. The first-order valence-corrected chi connectivity index (χ1v) is 7.85. The number of rotatable bonds is 6. The van der Waals surface area contributed by atoms with Gasteiger partial charge in [0.2, 0.25) is 0 Å². The minimum atomic E-state index is -3.91. The van der Waals surface area contributed by atoms with Crippen molar-refractivity contribution in [2.75, 3.05) is 13.7 Å². The van der Waals surface area contributed by atoms with Crippen molar-refractivity contribution in [3.8, 4) is 11.5 Å². The quantitative estimate of drug-likeness (QED) is 0.825. The minimum absolute atomic E-state index is 0.0922. The summed E-state index contributed by atoms with van der Waals surface area (Å²) in [5.74, 6) is 0.551. The molecular formula is C15H17NO4S. The molecule has 5 nitrogen and oxygen atoms in total. The molecule has 2 N–H and O–H groups in total. The Labute approximate surface area is 124 Å². The Hall–Kier alpha value is -2.05. The second-order valence-electron chi connectivity index (χ2n) is 4.34. The smallest absolute Gasteiger partial charge is 0.339 e. The van der Waals surface area contributed by atoms with Gasteiger partial charge in [0.1, 0.15) is 4.90 Å². The van der Waals surface area contributed by atoms with E-state index in [1.165, 1.54) is 19.2 Å². The molecular weight excluding hydrogens is 290 g/mol. The Morgan fingerprint density at radius 2 is 1.76 bits per heavy atom. The number of hydrogen-bond acceptors (Lipinski definition) is 5. The van der Waals surface area contributed by atoms with Gasteiger partial charge in [0.25, 0.3) is 0 Å². The summed E-state index contributed by atoms with van der Waals surface area (Å²) in [6.45, 7) is 0.384. The molecule has 0 spiro atoms. The van der Waals surface area contributed by atoms with Crippen LogP contribution in [0.25, 0.3) is 0 Å². The zero-order valence-corrected chi connectivity index (χ0v) is 12.5. The minimum Gasteiger partial charge on any atom is -0.493 e. The van der Waals surface area contributed by atoms with Gasteiger partial charge in [0.15, 0.2) is 11.5 Å². The molecule has 0 saturated heterocycles. The van der Waals surface area contributed by atoms with E-state index in [9.17, 15) is 8.42 Å². The fourth-order valence-corrected chi connectivity index (χ4v) is 2.91. The summed E-state index contributed by atoms with van der Waals surface area (Å²) in [6, 6.07) is 13.2. The van der Waals surface area contributed by atoms with E-state index in [1.807, 2.05) is 0 Å². The summed E-state index contributed by atoms with van der Waals surface area (Å²) in [5.41, 5.74) is 6.24. The van der Waals surface area contributed by atoms with Gasteiger partial charge in [0.05, 0.1) is 7.11 Å². The maximum atomic E-state index is 12.3. The molecule has 0 aliphatic heterocycles. The van der Waals surface area contributed by atoms with Crippen LogP contribution in [0.3, 0.4) is 0 Å². The van der Waals surface area contributed by atoms with Gasteiger partial charge in [-0.2, -0.15) is 8.42 Å². The second-order valence-corrected chi connectivity index (χ2v) is 5.88. The van der Waals surface area contributed by atoms with Gasteiger partial charge in [-0.25, -0.2) is 0 Å². The number of benzene rings is 2. The van der Waals surface area contributed by atoms with Crippen molar-refractivity contribution >= 4 is 10.1 Å². The van der Waals surface area contributed by atoms with Crippen LogP contribution in [0.5, 0.6) is 11.5 Å². The van der Waals surface area contributed by atoms with Crippen molar-refractivity contribution in [3.05, 3.63) is 54.1 Å². The van der Waals surface area contributed by atoms with Crippen molar-refractivity contribution < 1.29 is 17.3 Å². The van der Waals surface area contributed by atoms with E-state index in [-0.39, 0.29) is 10.6 Å². The average molecular weight is 307 g/mol. The topological polar surface area (TPSA) is 78.6 Å². The van der Waals surface area contributed by atoms with Crippen molar-refractivity contribution in [1.82, 2.24) is 0 Å². The summed E-state index contributed by atoms with van der Waals surface area (Å²) < 4.78 is 35.1. The number of nitrogens with two attached hydrogens (primary N) is 1. The Kier molecular flexibility index (Phi) is 4.82. The third kappa shape index (κ3) is 3.53. The second kappa shape index (κ2) is 6.60. The van der Waals surface area contributed by atoms with Gasteiger partial charge in [0, 0.05) is 5.56 Å². The normalized spacial score (nSPS) is 11.1. The molecule has 0 unspecified atom stereocenters. The third-order valence-electron chi connectivity index (χ3n) is 2.92. The van der Waals surface area contributed by atoms with Gasteiger partial charge >= 0.3 is 10.1 Å². The summed E-state index contributed by atoms with van der Waals surface area (Å²) in [4.78, 5) is 0.0922. The van der Waals surface area contributed by atoms with Crippen LogP contribution in [0, 0.1) is 0 Å². The lowest BCUT2D eigenvalue weighted by Gasteiger charge is -2.14. The molecule has 0 fully saturated rings. The summed E-state index contributed by atoms with van der Waals surface area (Å²) in [5, 5.41) is 0. The van der Waals surface area contributed by atoms with Crippen molar-refractivity contribution in [2.45, 2.75) is 11.3 Å². The highest BCUT2D eigenvalue weighted by molar-refractivity contribution is 7.87. The van der Waals surface area contributed by atoms with Gasteiger partial charge in [-0.15, -0.1) is 0 Å². The van der Waals surface area contributed by atoms with E-state index in [0.29, 0.717) is 24.3 Å². The van der Waals surface area contributed by atoms with Crippen LogP contribution < -0.4 is 14.7 Å². The lowest BCUT2D eigenvalue weighted by molar-refractivity contribution is 0.389. The molecule has 0 amide bonds. The third-order valence-corrected chi connectivity index (χ3v) is 4.15. The van der Waals surface area contributed by atoms with E-state index in [1.54, 1.807) is 36.4 Å². The first kappa shape index (κ1) is 15.3. The summed E-state index contributed by atoms with van der Waals surface area (Å²) >= 11 is 0. The maximum absolute atomic E-state index is 12.3. The monoisotopic (exact) mass is 307 g/mol. The van der Waals surface area contributed by atoms with Crippen molar-refractivity contribution in [2.24, 2.45) is 5.73 Å². The van der Waals surface area contributed by atoms with Gasteiger partial charge in [-0.1, -0.05) is 30.3 Å². The Bertz CT molecular complexity index is 699. The summed E-state index contributed by atoms with van der Waals surface area (Å²) in [7, 11) is -2.45. The van der Waals surface area contributed by atoms with Gasteiger partial charge in [-0.3, -0.25) is 0 Å². The highest BCUT2D eigenvalue weighted by Gasteiger charge is 2.21. The first-order valence-electron chi connectivity index (χ1n) is 6.44. The molecule has 6 heteroatoms. The Morgan fingerprint density at radius 1 is 1.05 bits per heavy atom. The molecule has 0 heterocycles. The zero-order chi connectivity index (χ0) is 15.3. The molecule has 0 atom stereocenters. The van der Waals surface area contributed by atoms with E-state index >= 15 is 0 Å². The predicted octanol–water partition coefficient (Wildman–Crippen LogP) is 1.96. The van der Waals surface area contributed by atoms with E-state index < -0.39 is 10.1 Å². The van der Waals surface area contributed by atoms with Crippen LogP contribution in [0.1, 0.15) is 5.56 Å². The molecule has 0 aliphatic rings. The van der Waals surface area contributed by atoms with Crippen LogP contribution in [0.2, 0.25) is 0 Å².